The second-order valence-corrected chi connectivity index (χ2v) is 11.1. The van der Waals surface area contributed by atoms with Gasteiger partial charge in [0.1, 0.15) is 11.3 Å². The minimum absolute atomic E-state index is 0.160. The SMILES string of the molecule is Cc1ccc(S(=O)(=O)Nc2ccc(C(=O)N(Cc3ccco3)c3nc4c(Cl)cccc4s3)cc2)cc1. The van der Waals surface area contributed by atoms with E-state index in [2.05, 4.69) is 9.71 Å². The molecule has 0 radical (unpaired) electrons. The third kappa shape index (κ3) is 4.99. The van der Waals surface area contributed by atoms with Gasteiger partial charge in [-0.1, -0.05) is 46.7 Å². The van der Waals surface area contributed by atoms with Crippen LogP contribution in [0.1, 0.15) is 21.7 Å². The summed E-state index contributed by atoms with van der Waals surface area (Å²) in [4.78, 5) is 19.8. The van der Waals surface area contributed by atoms with Gasteiger partial charge in [0, 0.05) is 11.3 Å². The molecule has 10 heteroatoms. The number of fused-ring (bicyclic) bond motifs is 1. The number of aryl methyl sites for hydroxylation is 1. The van der Waals surface area contributed by atoms with Crippen molar-refractivity contribution < 1.29 is 17.6 Å². The van der Waals surface area contributed by atoms with Crippen molar-refractivity contribution in [1.29, 1.82) is 0 Å². The molecular formula is C26H20ClN3O4S2. The van der Waals surface area contributed by atoms with Gasteiger partial charge in [0.2, 0.25) is 0 Å². The van der Waals surface area contributed by atoms with Crippen molar-refractivity contribution in [3.8, 4) is 0 Å². The van der Waals surface area contributed by atoms with Crippen LogP contribution in [0.2, 0.25) is 5.02 Å². The number of carbonyl (C=O) groups excluding carboxylic acids is 1. The van der Waals surface area contributed by atoms with Crippen LogP contribution in [0.15, 0.2) is 94.4 Å². The molecule has 7 nitrogen and oxygen atoms in total. The first-order valence-corrected chi connectivity index (χ1v) is 13.6. The molecule has 0 unspecified atom stereocenters. The maximum atomic E-state index is 13.6. The van der Waals surface area contributed by atoms with E-state index in [1.165, 1.54) is 16.2 Å². The maximum absolute atomic E-state index is 13.6. The van der Waals surface area contributed by atoms with Crippen molar-refractivity contribution in [2.45, 2.75) is 18.4 Å². The largest absolute Gasteiger partial charge is 0.467 e. The lowest BCUT2D eigenvalue weighted by atomic mass is 10.2. The lowest BCUT2D eigenvalue weighted by molar-refractivity contribution is 0.0983. The van der Waals surface area contributed by atoms with Crippen molar-refractivity contribution in [3.63, 3.8) is 0 Å². The summed E-state index contributed by atoms with van der Waals surface area (Å²) in [6.45, 7) is 2.06. The first-order valence-electron chi connectivity index (χ1n) is 10.9. The molecule has 1 N–H and O–H groups in total. The molecule has 36 heavy (non-hydrogen) atoms. The minimum atomic E-state index is -3.75. The molecule has 0 fully saturated rings. The highest BCUT2D eigenvalue weighted by atomic mass is 35.5. The Kier molecular flexibility index (Phi) is 6.53. The maximum Gasteiger partial charge on any atom is 0.261 e. The standard InChI is InChI=1S/C26H20ClN3O4S2/c1-17-7-13-21(14-8-17)36(32,33)29-19-11-9-18(10-12-19)25(31)30(16-20-4-3-15-34-20)26-28-24-22(27)5-2-6-23(24)35-26/h2-15,29H,16H2,1H3. The van der Waals surface area contributed by atoms with Crippen molar-refractivity contribution in [3.05, 3.63) is 107 Å². The lowest BCUT2D eigenvalue weighted by Gasteiger charge is -2.19. The van der Waals surface area contributed by atoms with Gasteiger partial charge in [-0.25, -0.2) is 13.4 Å². The molecule has 2 aromatic heterocycles. The fraction of sp³-hybridized carbons (Fsp3) is 0.0769. The van der Waals surface area contributed by atoms with Gasteiger partial charge in [-0.3, -0.25) is 14.4 Å². The number of halogens is 1. The highest BCUT2D eigenvalue weighted by molar-refractivity contribution is 7.92. The average Bonchev–Trinajstić information content (AvgIpc) is 3.53. The summed E-state index contributed by atoms with van der Waals surface area (Å²) in [5.41, 5.74) is 2.30. The van der Waals surface area contributed by atoms with Crippen LogP contribution < -0.4 is 9.62 Å². The predicted octanol–water partition coefficient (Wildman–Crippen LogP) is 6.50. The third-order valence-corrected chi connectivity index (χ3v) is 8.19. The van der Waals surface area contributed by atoms with Crippen molar-refractivity contribution in [2.24, 2.45) is 0 Å². The van der Waals surface area contributed by atoms with E-state index in [1.54, 1.807) is 73.0 Å². The van der Waals surface area contributed by atoms with E-state index in [0.29, 0.717) is 32.7 Å². The van der Waals surface area contributed by atoms with Crippen molar-refractivity contribution in [2.75, 3.05) is 9.62 Å². The van der Waals surface area contributed by atoms with Crippen LogP contribution in [0.4, 0.5) is 10.8 Å². The van der Waals surface area contributed by atoms with Crippen LogP contribution in [0, 0.1) is 6.92 Å². The molecule has 0 aliphatic carbocycles. The van der Waals surface area contributed by atoms with E-state index in [1.807, 2.05) is 19.1 Å². The summed E-state index contributed by atoms with van der Waals surface area (Å²) in [6.07, 6.45) is 1.54. The molecule has 0 aliphatic rings. The van der Waals surface area contributed by atoms with Gasteiger partial charge in [-0.05, 0) is 67.6 Å². The number of hydrogen-bond acceptors (Lipinski definition) is 6. The number of amides is 1. The number of furan rings is 1. The minimum Gasteiger partial charge on any atom is -0.467 e. The quantitative estimate of drug-likeness (QED) is 0.256. The van der Waals surface area contributed by atoms with Gasteiger partial charge < -0.3 is 4.42 Å². The molecule has 0 saturated carbocycles. The molecule has 0 aliphatic heterocycles. The molecule has 2 heterocycles. The van der Waals surface area contributed by atoms with E-state index in [4.69, 9.17) is 16.0 Å². The van der Waals surface area contributed by atoms with E-state index in [9.17, 15) is 13.2 Å². The summed E-state index contributed by atoms with van der Waals surface area (Å²) in [7, 11) is -3.75. The predicted molar refractivity (Wildman–Crippen MR) is 142 cm³/mol. The zero-order valence-electron chi connectivity index (χ0n) is 19.0. The van der Waals surface area contributed by atoms with E-state index in [-0.39, 0.29) is 17.3 Å². The van der Waals surface area contributed by atoms with Crippen LogP contribution >= 0.6 is 22.9 Å². The smallest absolute Gasteiger partial charge is 0.261 e. The molecule has 0 saturated heterocycles. The van der Waals surface area contributed by atoms with Crippen LogP contribution in [0.25, 0.3) is 10.2 Å². The van der Waals surface area contributed by atoms with Gasteiger partial charge in [0.05, 0.1) is 27.4 Å². The Hall–Kier alpha value is -3.66. The molecular weight excluding hydrogens is 518 g/mol. The van der Waals surface area contributed by atoms with Gasteiger partial charge in [0.25, 0.3) is 15.9 Å². The number of para-hydroxylation sites is 1. The Balaban J connectivity index is 1.42. The lowest BCUT2D eigenvalue weighted by Crippen LogP contribution is -2.30. The zero-order chi connectivity index (χ0) is 25.3. The summed E-state index contributed by atoms with van der Waals surface area (Å²) in [5.74, 6) is 0.283. The first-order chi connectivity index (χ1) is 17.3. The number of sulfonamides is 1. The average molecular weight is 538 g/mol. The van der Waals surface area contributed by atoms with Gasteiger partial charge in [-0.15, -0.1) is 0 Å². The van der Waals surface area contributed by atoms with Crippen LogP contribution in [0.3, 0.4) is 0 Å². The number of aromatic nitrogens is 1. The molecule has 1 amide bonds. The summed E-state index contributed by atoms with van der Waals surface area (Å²) < 4.78 is 34.3. The molecule has 0 atom stereocenters. The molecule has 0 bridgehead atoms. The fourth-order valence-corrected chi connectivity index (χ4v) is 5.89. The Bertz CT molecular complexity index is 1630. The van der Waals surface area contributed by atoms with Gasteiger partial charge in [-0.2, -0.15) is 0 Å². The second kappa shape index (κ2) is 9.77. The van der Waals surface area contributed by atoms with E-state index >= 15 is 0 Å². The van der Waals surface area contributed by atoms with Crippen molar-refractivity contribution >= 4 is 59.9 Å². The van der Waals surface area contributed by atoms with Gasteiger partial charge in [0.15, 0.2) is 5.13 Å². The summed E-state index contributed by atoms with van der Waals surface area (Å²) in [5, 5.41) is 0.981. The number of rotatable bonds is 7. The molecule has 5 aromatic rings. The topological polar surface area (TPSA) is 92.5 Å². The molecule has 5 rings (SSSR count). The number of nitrogens with zero attached hydrogens (tertiary/aromatic N) is 2. The second-order valence-electron chi connectivity index (χ2n) is 8.05. The molecule has 3 aromatic carbocycles. The Labute approximate surface area is 217 Å². The number of thiazole rings is 1. The van der Waals surface area contributed by atoms with Crippen LogP contribution in [0.5, 0.6) is 0 Å². The van der Waals surface area contributed by atoms with Gasteiger partial charge >= 0.3 is 0 Å². The molecule has 182 valence electrons. The Morgan fingerprint density at radius 1 is 1.03 bits per heavy atom. The highest BCUT2D eigenvalue weighted by Gasteiger charge is 2.24. The number of carbonyl (C=O) groups is 1. The number of benzene rings is 3. The summed E-state index contributed by atoms with van der Waals surface area (Å²) >= 11 is 7.65. The molecule has 0 spiro atoms. The van der Waals surface area contributed by atoms with Crippen LogP contribution in [-0.4, -0.2) is 19.3 Å². The fourth-order valence-electron chi connectivity index (χ4n) is 3.57. The zero-order valence-corrected chi connectivity index (χ0v) is 21.4. The Morgan fingerprint density at radius 2 is 1.78 bits per heavy atom. The number of hydrogen-bond donors (Lipinski definition) is 1. The Morgan fingerprint density at radius 3 is 2.44 bits per heavy atom. The van der Waals surface area contributed by atoms with E-state index < -0.39 is 10.0 Å². The normalized spacial score (nSPS) is 11.5. The number of nitrogens with one attached hydrogen (secondary N) is 1. The number of anilines is 2. The van der Waals surface area contributed by atoms with Crippen molar-refractivity contribution in [1.82, 2.24) is 4.98 Å². The highest BCUT2D eigenvalue weighted by Crippen LogP contribution is 2.34. The van der Waals surface area contributed by atoms with E-state index in [0.717, 1.165) is 10.3 Å². The van der Waals surface area contributed by atoms with Crippen LogP contribution in [-0.2, 0) is 16.6 Å². The monoisotopic (exact) mass is 537 g/mol. The first kappa shape index (κ1) is 24.1. The summed E-state index contributed by atoms with van der Waals surface area (Å²) in [6, 6.07) is 21.8. The third-order valence-electron chi connectivity index (χ3n) is 5.44.